The van der Waals surface area contributed by atoms with Crippen LogP contribution in [0.15, 0.2) is 41.6 Å². The van der Waals surface area contributed by atoms with Crippen molar-refractivity contribution in [1.82, 2.24) is 19.7 Å². The van der Waals surface area contributed by atoms with E-state index in [4.69, 9.17) is 10.00 Å². The molecule has 3 aromatic heterocycles. The van der Waals surface area contributed by atoms with Gasteiger partial charge in [0.2, 0.25) is 15.9 Å². The number of rotatable bonds is 5. The van der Waals surface area contributed by atoms with Gasteiger partial charge in [-0.05, 0) is 50.7 Å². The molecule has 0 amide bonds. The van der Waals surface area contributed by atoms with Gasteiger partial charge in [-0.15, -0.1) is 0 Å². The van der Waals surface area contributed by atoms with Crippen molar-refractivity contribution in [2.75, 3.05) is 7.05 Å². The number of alkyl halides is 3. The minimum absolute atomic E-state index is 0.0564. The lowest BCUT2D eigenvalue weighted by Gasteiger charge is -2.16. The molecule has 0 spiro atoms. The molecule has 0 aliphatic heterocycles. The van der Waals surface area contributed by atoms with Gasteiger partial charge >= 0.3 is 6.18 Å². The van der Waals surface area contributed by atoms with Crippen molar-refractivity contribution in [3.8, 4) is 29.0 Å². The van der Waals surface area contributed by atoms with Gasteiger partial charge in [0.15, 0.2) is 5.75 Å². The van der Waals surface area contributed by atoms with E-state index in [-0.39, 0.29) is 39.0 Å². The van der Waals surface area contributed by atoms with Crippen molar-refractivity contribution >= 4 is 10.0 Å². The molecule has 0 unspecified atom stereocenters. The van der Waals surface area contributed by atoms with Crippen molar-refractivity contribution in [3.63, 3.8) is 0 Å². The zero-order valence-corrected chi connectivity index (χ0v) is 17.8. The zero-order chi connectivity index (χ0) is 23.7. The fourth-order valence-electron chi connectivity index (χ4n) is 2.83. The van der Waals surface area contributed by atoms with E-state index in [9.17, 15) is 21.6 Å². The third-order valence-corrected chi connectivity index (χ3v) is 5.79. The van der Waals surface area contributed by atoms with E-state index in [1.807, 2.05) is 6.07 Å². The Balaban J connectivity index is 2.17. The molecule has 166 valence electrons. The first kappa shape index (κ1) is 23.1. The Bertz CT molecular complexity index is 1310. The van der Waals surface area contributed by atoms with Crippen LogP contribution in [0.1, 0.15) is 22.5 Å². The van der Waals surface area contributed by atoms with Gasteiger partial charge in [0, 0.05) is 18.0 Å². The van der Waals surface area contributed by atoms with Crippen molar-refractivity contribution in [3.05, 3.63) is 59.2 Å². The van der Waals surface area contributed by atoms with Gasteiger partial charge in [-0.1, -0.05) is 0 Å². The summed E-state index contributed by atoms with van der Waals surface area (Å²) in [4.78, 5) is 11.4. The van der Waals surface area contributed by atoms with Gasteiger partial charge in [0.05, 0.1) is 17.0 Å². The van der Waals surface area contributed by atoms with Crippen LogP contribution in [-0.4, -0.2) is 30.4 Å². The highest BCUT2D eigenvalue weighted by Crippen LogP contribution is 2.36. The molecule has 0 fully saturated rings. The predicted molar refractivity (Wildman–Crippen MR) is 107 cm³/mol. The second-order valence-electron chi connectivity index (χ2n) is 6.62. The van der Waals surface area contributed by atoms with Gasteiger partial charge in [0.25, 0.3) is 0 Å². The van der Waals surface area contributed by atoms with Gasteiger partial charge in [0.1, 0.15) is 16.7 Å². The van der Waals surface area contributed by atoms with E-state index in [0.29, 0.717) is 5.56 Å². The Morgan fingerprint density at radius 2 is 1.84 bits per heavy atom. The molecule has 3 rings (SSSR count). The number of pyridine rings is 3. The average Bonchev–Trinajstić information content (AvgIpc) is 2.75. The smallest absolute Gasteiger partial charge is 0.433 e. The number of aryl methyl sites for hydroxylation is 2. The Hall–Kier alpha value is -3.56. The molecule has 0 radical (unpaired) electrons. The third kappa shape index (κ3) is 4.68. The SMILES string of the molecule is CNS(=O)(=O)c1ccc(-c2cncc(C#N)c2)nc1Oc1c(C)cc(C(F)(F)F)nc1C. The quantitative estimate of drug-likeness (QED) is 0.612. The molecule has 0 saturated carbocycles. The standard InChI is InChI=1S/C20H16F3N5O3S/c1-11-6-17(20(21,22)23)27-12(2)18(11)31-19-16(32(29,30)25-3)5-4-15(28-19)14-7-13(8-24)9-26-10-14/h4-7,9-10,25H,1-3H3. The molecule has 0 aliphatic carbocycles. The largest absolute Gasteiger partial charge is 0.435 e. The fraction of sp³-hybridized carbons (Fsp3) is 0.200. The molecule has 8 nitrogen and oxygen atoms in total. The number of nitriles is 1. The van der Waals surface area contributed by atoms with Crippen molar-refractivity contribution in [2.45, 2.75) is 24.9 Å². The lowest BCUT2D eigenvalue weighted by molar-refractivity contribution is -0.141. The van der Waals surface area contributed by atoms with E-state index in [2.05, 4.69) is 19.7 Å². The normalized spacial score (nSPS) is 11.8. The van der Waals surface area contributed by atoms with Crippen LogP contribution in [0, 0.1) is 25.2 Å². The summed E-state index contributed by atoms with van der Waals surface area (Å²) in [6, 6.07) is 6.89. The van der Waals surface area contributed by atoms with Gasteiger partial charge in [-0.2, -0.15) is 18.4 Å². The highest BCUT2D eigenvalue weighted by atomic mass is 32.2. The second-order valence-corrected chi connectivity index (χ2v) is 8.48. The first-order valence-corrected chi connectivity index (χ1v) is 10.5. The zero-order valence-electron chi connectivity index (χ0n) is 17.0. The second kappa shape index (κ2) is 8.52. The van der Waals surface area contributed by atoms with Crippen LogP contribution in [0.5, 0.6) is 11.6 Å². The number of aromatic nitrogens is 3. The summed E-state index contributed by atoms with van der Waals surface area (Å²) in [5, 5.41) is 9.07. The monoisotopic (exact) mass is 463 g/mol. The maximum Gasteiger partial charge on any atom is 0.433 e. The first-order valence-electron chi connectivity index (χ1n) is 8.99. The van der Waals surface area contributed by atoms with Gasteiger partial charge in [-0.25, -0.2) is 23.1 Å². The molecule has 3 heterocycles. The summed E-state index contributed by atoms with van der Waals surface area (Å²) in [6.07, 6.45) is -1.87. The summed E-state index contributed by atoms with van der Waals surface area (Å²) in [7, 11) is -2.83. The Morgan fingerprint density at radius 1 is 1.12 bits per heavy atom. The van der Waals surface area contributed by atoms with E-state index in [0.717, 1.165) is 6.07 Å². The molecule has 3 aromatic rings. The van der Waals surface area contributed by atoms with Crippen LogP contribution in [0.3, 0.4) is 0 Å². The Morgan fingerprint density at radius 3 is 2.44 bits per heavy atom. The molecular formula is C20H16F3N5O3S. The molecule has 0 saturated heterocycles. The van der Waals surface area contributed by atoms with Crippen LogP contribution < -0.4 is 9.46 Å². The summed E-state index contributed by atoms with van der Waals surface area (Å²) in [6.45, 7) is 2.70. The lowest BCUT2D eigenvalue weighted by Crippen LogP contribution is -2.20. The highest BCUT2D eigenvalue weighted by Gasteiger charge is 2.34. The van der Waals surface area contributed by atoms with Crippen LogP contribution >= 0.6 is 0 Å². The summed E-state index contributed by atoms with van der Waals surface area (Å²) in [5.74, 6) is -0.425. The maximum absolute atomic E-state index is 13.0. The average molecular weight is 463 g/mol. The van der Waals surface area contributed by atoms with E-state index in [1.54, 1.807) is 0 Å². The number of hydrogen-bond donors (Lipinski definition) is 1. The first-order chi connectivity index (χ1) is 15.0. The number of nitrogens with one attached hydrogen (secondary N) is 1. The molecule has 1 N–H and O–H groups in total. The molecular weight excluding hydrogens is 447 g/mol. The van der Waals surface area contributed by atoms with E-state index in [1.165, 1.54) is 51.5 Å². The van der Waals surface area contributed by atoms with Crippen molar-refractivity contribution in [2.24, 2.45) is 0 Å². The number of ether oxygens (including phenoxy) is 1. The van der Waals surface area contributed by atoms with E-state index < -0.39 is 21.9 Å². The van der Waals surface area contributed by atoms with Crippen LogP contribution in [-0.2, 0) is 16.2 Å². The van der Waals surface area contributed by atoms with Gasteiger partial charge < -0.3 is 4.74 Å². The molecule has 12 heteroatoms. The molecule has 32 heavy (non-hydrogen) atoms. The summed E-state index contributed by atoms with van der Waals surface area (Å²) >= 11 is 0. The maximum atomic E-state index is 13.0. The lowest BCUT2D eigenvalue weighted by atomic mass is 10.1. The van der Waals surface area contributed by atoms with Crippen LogP contribution in [0.2, 0.25) is 0 Å². The Kier molecular flexibility index (Phi) is 6.16. The summed E-state index contributed by atoms with van der Waals surface area (Å²) < 4.78 is 71.9. The number of hydrogen-bond acceptors (Lipinski definition) is 7. The number of halogens is 3. The molecule has 0 aromatic carbocycles. The molecule has 0 bridgehead atoms. The predicted octanol–water partition coefficient (Wildman–Crippen LogP) is 3.75. The van der Waals surface area contributed by atoms with Crippen LogP contribution in [0.4, 0.5) is 13.2 Å². The van der Waals surface area contributed by atoms with Gasteiger partial charge in [-0.3, -0.25) is 4.98 Å². The minimum atomic E-state index is -4.65. The highest BCUT2D eigenvalue weighted by molar-refractivity contribution is 7.89. The third-order valence-electron chi connectivity index (χ3n) is 4.36. The minimum Gasteiger partial charge on any atom is -0.435 e. The Labute approximate surface area is 181 Å². The molecule has 0 atom stereocenters. The van der Waals surface area contributed by atoms with Crippen molar-refractivity contribution in [1.29, 1.82) is 5.26 Å². The van der Waals surface area contributed by atoms with Crippen LogP contribution in [0.25, 0.3) is 11.3 Å². The van der Waals surface area contributed by atoms with E-state index >= 15 is 0 Å². The fourth-order valence-corrected chi connectivity index (χ4v) is 3.62. The summed E-state index contributed by atoms with van der Waals surface area (Å²) in [5.41, 5.74) is -0.166. The topological polar surface area (TPSA) is 118 Å². The molecule has 0 aliphatic rings. The number of nitrogens with zero attached hydrogens (tertiary/aromatic N) is 4. The number of sulfonamides is 1. The van der Waals surface area contributed by atoms with Crippen molar-refractivity contribution < 1.29 is 26.3 Å².